The molecule has 13 heteroatoms. The first kappa shape index (κ1) is 26.7. The Balaban J connectivity index is 1.79. The molecule has 3 N–H and O–H groups in total. The molecule has 3 rings (SSSR count). The highest BCUT2D eigenvalue weighted by atomic mass is 32.2. The number of rotatable bonds is 7. The first-order chi connectivity index (χ1) is 16.2. The Morgan fingerprint density at radius 1 is 1.29 bits per heavy atom. The number of anilines is 1. The van der Waals surface area contributed by atoms with Crippen molar-refractivity contribution >= 4 is 28.5 Å². The summed E-state index contributed by atoms with van der Waals surface area (Å²) in [6, 6.07) is 4.04. The molecule has 1 aromatic carbocycles. The third-order valence-electron chi connectivity index (χ3n) is 5.30. The first-order valence-electron chi connectivity index (χ1n) is 10.4. The fourth-order valence-electron chi connectivity index (χ4n) is 3.82. The second kappa shape index (κ2) is 9.97. The quantitative estimate of drug-likeness (QED) is 0.530. The van der Waals surface area contributed by atoms with Crippen LogP contribution >= 0.6 is 11.8 Å². The van der Waals surface area contributed by atoms with Crippen LogP contribution in [0.1, 0.15) is 43.2 Å². The van der Waals surface area contributed by atoms with Gasteiger partial charge in [-0.1, -0.05) is 11.8 Å². The highest BCUT2D eigenvalue weighted by Crippen LogP contribution is 2.46. The number of benzene rings is 1. The third-order valence-corrected chi connectivity index (χ3v) is 6.35. The van der Waals surface area contributed by atoms with Gasteiger partial charge in [-0.3, -0.25) is 9.79 Å². The van der Waals surface area contributed by atoms with Crippen molar-refractivity contribution in [2.75, 3.05) is 19.0 Å². The smallest absolute Gasteiger partial charge is 0.425 e. The van der Waals surface area contributed by atoms with Crippen molar-refractivity contribution in [1.29, 1.82) is 0 Å². The van der Waals surface area contributed by atoms with Crippen LogP contribution < -0.4 is 15.8 Å². The van der Waals surface area contributed by atoms with Crippen LogP contribution in [0.4, 0.5) is 23.2 Å². The maximum absolute atomic E-state index is 14.9. The molecule has 1 aromatic heterocycles. The van der Waals surface area contributed by atoms with Gasteiger partial charge in [0.1, 0.15) is 11.5 Å². The lowest BCUT2D eigenvalue weighted by Crippen LogP contribution is -2.43. The number of nitrogens with zero attached hydrogens (tertiary/aromatic N) is 3. The second-order valence-electron chi connectivity index (χ2n) is 8.58. The van der Waals surface area contributed by atoms with Crippen LogP contribution in [-0.4, -0.2) is 51.8 Å². The molecule has 2 aromatic rings. The summed E-state index contributed by atoms with van der Waals surface area (Å²) < 4.78 is 62.3. The summed E-state index contributed by atoms with van der Waals surface area (Å²) in [7, 11) is 1.57. The van der Waals surface area contributed by atoms with Gasteiger partial charge in [-0.25, -0.2) is 14.4 Å². The van der Waals surface area contributed by atoms with E-state index in [1.54, 1.807) is 14.0 Å². The molecule has 0 saturated carbocycles. The average molecular weight is 516 g/mol. The van der Waals surface area contributed by atoms with E-state index in [0.29, 0.717) is 18.2 Å². The number of amidine groups is 1. The third kappa shape index (κ3) is 6.40. The molecule has 3 atom stereocenters. The maximum Gasteiger partial charge on any atom is 0.425 e. The second-order valence-corrected chi connectivity index (χ2v) is 10.2. The van der Waals surface area contributed by atoms with E-state index in [9.17, 15) is 22.4 Å². The van der Waals surface area contributed by atoms with Crippen LogP contribution in [0.5, 0.6) is 5.88 Å². The van der Waals surface area contributed by atoms with Gasteiger partial charge in [0.05, 0.1) is 24.5 Å². The molecular weight excluding hydrogens is 490 g/mol. The van der Waals surface area contributed by atoms with E-state index < -0.39 is 34.3 Å². The Bertz CT molecular complexity index is 1120. The molecule has 35 heavy (non-hydrogen) atoms. The number of thioether (sulfide) groups is 1. The Labute approximate surface area is 203 Å². The Morgan fingerprint density at radius 2 is 2.00 bits per heavy atom. The SMILES string of the molecule is COC[C@@]1(C)C[C@@](C)(c2cc(NC(=O)c3cnc(OC(C)C(F)(F)F)cn3)ccc2F)N=C(N)S1. The molecule has 1 aliphatic rings. The molecule has 8 nitrogen and oxygen atoms in total. The zero-order valence-corrected chi connectivity index (χ0v) is 20.3. The molecule has 2 heterocycles. The highest BCUT2D eigenvalue weighted by Gasteiger charge is 2.43. The molecule has 0 radical (unpaired) electrons. The van der Waals surface area contributed by atoms with Crippen molar-refractivity contribution in [1.82, 2.24) is 9.97 Å². The van der Waals surface area contributed by atoms with E-state index in [0.717, 1.165) is 19.3 Å². The summed E-state index contributed by atoms with van der Waals surface area (Å²) >= 11 is 1.36. The molecule has 0 bridgehead atoms. The van der Waals surface area contributed by atoms with Crippen LogP contribution in [0.2, 0.25) is 0 Å². The normalized spacial score (nSPS) is 23.4. The Morgan fingerprint density at radius 3 is 2.60 bits per heavy atom. The molecule has 1 amide bonds. The predicted molar refractivity (Wildman–Crippen MR) is 124 cm³/mol. The van der Waals surface area contributed by atoms with Gasteiger partial charge >= 0.3 is 6.18 Å². The lowest BCUT2D eigenvalue weighted by Gasteiger charge is -2.41. The summed E-state index contributed by atoms with van der Waals surface area (Å²) in [5.74, 6) is -1.59. The summed E-state index contributed by atoms with van der Waals surface area (Å²) in [4.78, 5) is 24.6. The number of hydrogen-bond acceptors (Lipinski definition) is 8. The lowest BCUT2D eigenvalue weighted by molar-refractivity contribution is -0.190. The number of carbonyl (C=O) groups is 1. The molecule has 0 fully saturated rings. The van der Waals surface area contributed by atoms with Gasteiger partial charge in [0, 0.05) is 23.1 Å². The number of amides is 1. The minimum absolute atomic E-state index is 0.168. The minimum atomic E-state index is -4.57. The number of aliphatic imine (C=N–C) groups is 1. The molecule has 0 aliphatic carbocycles. The van der Waals surface area contributed by atoms with Crippen molar-refractivity contribution in [3.05, 3.63) is 47.7 Å². The molecule has 1 aliphatic heterocycles. The fourth-order valence-corrected chi connectivity index (χ4v) is 5.10. The molecule has 0 saturated heterocycles. The largest absolute Gasteiger partial charge is 0.464 e. The molecular formula is C22H25F4N5O3S. The molecule has 1 unspecified atom stereocenters. The number of ether oxygens (including phenoxy) is 2. The van der Waals surface area contributed by atoms with Crippen molar-refractivity contribution in [2.45, 2.75) is 49.8 Å². The highest BCUT2D eigenvalue weighted by molar-refractivity contribution is 8.15. The summed E-state index contributed by atoms with van der Waals surface area (Å²) in [6.45, 7) is 4.91. The topological polar surface area (TPSA) is 112 Å². The van der Waals surface area contributed by atoms with Gasteiger partial charge in [0.2, 0.25) is 5.88 Å². The zero-order chi connectivity index (χ0) is 26.0. The molecule has 190 valence electrons. The van der Waals surface area contributed by atoms with E-state index in [-0.39, 0.29) is 22.8 Å². The maximum atomic E-state index is 14.9. The van der Waals surface area contributed by atoms with Crippen molar-refractivity contribution in [3.8, 4) is 5.88 Å². The number of methoxy groups -OCH3 is 1. The number of halogens is 4. The number of nitrogens with one attached hydrogen (secondary N) is 1. The van der Waals surface area contributed by atoms with Gasteiger partial charge in [0.25, 0.3) is 5.91 Å². The van der Waals surface area contributed by atoms with Gasteiger partial charge in [0.15, 0.2) is 11.3 Å². The van der Waals surface area contributed by atoms with Crippen molar-refractivity contribution in [2.24, 2.45) is 10.7 Å². The van der Waals surface area contributed by atoms with Crippen molar-refractivity contribution in [3.63, 3.8) is 0 Å². The summed E-state index contributed by atoms with van der Waals surface area (Å²) in [5.41, 5.74) is 5.36. The van der Waals surface area contributed by atoms with Crippen LogP contribution in [0.3, 0.4) is 0 Å². The average Bonchev–Trinajstić information content (AvgIpc) is 2.73. The first-order valence-corrected chi connectivity index (χ1v) is 11.3. The summed E-state index contributed by atoms with van der Waals surface area (Å²) in [6.07, 6.45) is -4.32. The zero-order valence-electron chi connectivity index (χ0n) is 19.4. The van der Waals surface area contributed by atoms with Crippen LogP contribution in [-0.2, 0) is 10.3 Å². The molecule has 0 spiro atoms. The number of carbonyl (C=O) groups excluding carboxylic acids is 1. The van der Waals surface area contributed by atoms with Gasteiger partial charge < -0.3 is 20.5 Å². The van der Waals surface area contributed by atoms with E-state index >= 15 is 0 Å². The minimum Gasteiger partial charge on any atom is -0.464 e. The standard InChI is InChI=1S/C22H25F4N5O3S/c1-12(22(24,25)26)34-17-9-28-16(8-29-17)18(32)30-13-5-6-15(23)14(7-13)21(3)10-20(2,11-33-4)35-19(27)31-21/h5-9,12H,10-11H2,1-4H3,(H2,27,31)(H,30,32)/t12?,20-,21+/m1/s1. The number of hydrogen-bond donors (Lipinski definition) is 2. The Kier molecular flexibility index (Phi) is 7.60. The van der Waals surface area contributed by atoms with E-state index in [2.05, 4.69) is 25.0 Å². The van der Waals surface area contributed by atoms with Crippen LogP contribution in [0, 0.1) is 5.82 Å². The monoisotopic (exact) mass is 515 g/mol. The number of nitrogens with two attached hydrogens (primary N) is 1. The predicted octanol–water partition coefficient (Wildman–Crippen LogP) is 4.27. The summed E-state index contributed by atoms with van der Waals surface area (Å²) in [5, 5.41) is 2.88. The van der Waals surface area contributed by atoms with E-state index in [1.165, 1.54) is 30.0 Å². The van der Waals surface area contributed by atoms with Crippen LogP contribution in [0.25, 0.3) is 0 Å². The Hall–Kier alpha value is -2.93. The van der Waals surface area contributed by atoms with Crippen LogP contribution in [0.15, 0.2) is 35.6 Å². The van der Waals surface area contributed by atoms with Gasteiger partial charge in [-0.2, -0.15) is 13.2 Å². The fraction of sp³-hybridized carbons (Fsp3) is 0.455. The van der Waals surface area contributed by atoms with E-state index in [4.69, 9.17) is 10.5 Å². The van der Waals surface area contributed by atoms with Crippen molar-refractivity contribution < 1.29 is 31.8 Å². The van der Waals surface area contributed by atoms with E-state index in [1.807, 2.05) is 6.92 Å². The number of alkyl halides is 3. The van der Waals surface area contributed by atoms with Gasteiger partial charge in [-0.05, 0) is 45.4 Å². The van der Waals surface area contributed by atoms with Gasteiger partial charge in [-0.15, -0.1) is 0 Å². The lowest BCUT2D eigenvalue weighted by atomic mass is 9.83. The number of aromatic nitrogens is 2.